The molecule has 1 aromatic carbocycles. The molecule has 7 heteroatoms. The number of carbonyl (C=O) groups excluding carboxylic acids is 1. The Morgan fingerprint density at radius 3 is 2.29 bits per heavy atom. The zero-order valence-electron chi connectivity index (χ0n) is 17.7. The lowest BCUT2D eigenvalue weighted by Crippen LogP contribution is -2.39. The molecular formula is C21H36N4O3. The fourth-order valence-corrected chi connectivity index (χ4v) is 2.31. The first-order chi connectivity index (χ1) is 13.6. The van der Waals surface area contributed by atoms with Crippen LogP contribution in [0.15, 0.2) is 29.3 Å². The van der Waals surface area contributed by atoms with Gasteiger partial charge in [-0.2, -0.15) is 0 Å². The maximum atomic E-state index is 11.6. The Kier molecular flexibility index (Phi) is 12.5. The molecule has 0 aliphatic carbocycles. The fraction of sp³-hybridized carbons (Fsp3) is 0.619. The number of benzene rings is 1. The number of amides is 1. The summed E-state index contributed by atoms with van der Waals surface area (Å²) in [5.41, 5.74) is 1.11. The normalized spacial score (nSPS) is 11.4. The van der Waals surface area contributed by atoms with Crippen LogP contribution in [0.4, 0.5) is 0 Å². The third kappa shape index (κ3) is 10.8. The number of aliphatic imine (C=N–C) groups is 1. The van der Waals surface area contributed by atoms with Crippen LogP contribution in [0.25, 0.3) is 0 Å². The van der Waals surface area contributed by atoms with Crippen molar-refractivity contribution in [3.05, 3.63) is 29.8 Å². The molecule has 7 nitrogen and oxygen atoms in total. The van der Waals surface area contributed by atoms with Crippen LogP contribution in [0.2, 0.25) is 0 Å². The molecule has 0 spiro atoms. The predicted octanol–water partition coefficient (Wildman–Crippen LogP) is 2.32. The van der Waals surface area contributed by atoms with Crippen molar-refractivity contribution in [3.63, 3.8) is 0 Å². The van der Waals surface area contributed by atoms with Gasteiger partial charge in [-0.05, 0) is 37.5 Å². The van der Waals surface area contributed by atoms with Gasteiger partial charge in [0.1, 0.15) is 5.75 Å². The van der Waals surface area contributed by atoms with Crippen LogP contribution in [0, 0.1) is 5.92 Å². The summed E-state index contributed by atoms with van der Waals surface area (Å²) in [4.78, 5) is 16.2. The molecule has 0 atom stereocenters. The number of hydrogen-bond acceptors (Lipinski definition) is 4. The summed E-state index contributed by atoms with van der Waals surface area (Å²) in [6, 6.07) is 7.89. The van der Waals surface area contributed by atoms with Gasteiger partial charge in [0.2, 0.25) is 5.91 Å². The second-order valence-electron chi connectivity index (χ2n) is 6.72. The van der Waals surface area contributed by atoms with E-state index >= 15 is 0 Å². The molecule has 158 valence electrons. The quantitative estimate of drug-likeness (QED) is 0.273. The number of carbonyl (C=O) groups is 1. The van der Waals surface area contributed by atoms with Crippen molar-refractivity contribution in [2.24, 2.45) is 10.9 Å². The molecule has 3 N–H and O–H groups in total. The SMILES string of the molecule is CCOCCCNC(=NCc1ccc(OC)cc1)NCCCNC(=O)C(C)C. The van der Waals surface area contributed by atoms with Crippen molar-refractivity contribution < 1.29 is 14.3 Å². The Bertz CT molecular complexity index is 574. The van der Waals surface area contributed by atoms with Gasteiger partial charge in [0.25, 0.3) is 0 Å². The minimum Gasteiger partial charge on any atom is -0.497 e. The molecule has 0 fully saturated rings. The summed E-state index contributed by atoms with van der Waals surface area (Å²) in [5, 5.41) is 9.59. The number of guanidine groups is 1. The van der Waals surface area contributed by atoms with Crippen LogP contribution in [0.3, 0.4) is 0 Å². The van der Waals surface area contributed by atoms with E-state index in [1.54, 1.807) is 7.11 Å². The second-order valence-corrected chi connectivity index (χ2v) is 6.72. The van der Waals surface area contributed by atoms with Gasteiger partial charge in [0.15, 0.2) is 5.96 Å². The highest BCUT2D eigenvalue weighted by molar-refractivity contribution is 5.79. The van der Waals surface area contributed by atoms with Gasteiger partial charge >= 0.3 is 0 Å². The van der Waals surface area contributed by atoms with E-state index < -0.39 is 0 Å². The molecule has 0 radical (unpaired) electrons. The van der Waals surface area contributed by atoms with Crippen LogP contribution in [0.5, 0.6) is 5.75 Å². The molecule has 1 aromatic rings. The molecule has 0 saturated carbocycles. The standard InChI is InChI=1S/C21H36N4O3/c1-5-28-15-7-14-24-21(23-13-6-12-22-20(26)17(2)3)25-16-18-8-10-19(27-4)11-9-18/h8-11,17H,5-7,12-16H2,1-4H3,(H,22,26)(H2,23,24,25). The van der Waals surface area contributed by atoms with Crippen LogP contribution in [-0.4, -0.2) is 51.8 Å². The van der Waals surface area contributed by atoms with Crippen LogP contribution in [0.1, 0.15) is 39.2 Å². The lowest BCUT2D eigenvalue weighted by atomic mass is 10.2. The Hall–Kier alpha value is -2.28. The zero-order chi connectivity index (χ0) is 20.6. The molecule has 0 unspecified atom stereocenters. The van der Waals surface area contributed by atoms with E-state index in [-0.39, 0.29) is 11.8 Å². The van der Waals surface area contributed by atoms with Gasteiger partial charge in [-0.1, -0.05) is 26.0 Å². The van der Waals surface area contributed by atoms with E-state index in [1.165, 1.54) is 0 Å². The Morgan fingerprint density at radius 1 is 1.04 bits per heavy atom. The van der Waals surface area contributed by atoms with Crippen LogP contribution >= 0.6 is 0 Å². The van der Waals surface area contributed by atoms with Gasteiger partial charge in [0.05, 0.1) is 13.7 Å². The number of hydrogen-bond donors (Lipinski definition) is 3. The maximum absolute atomic E-state index is 11.6. The third-order valence-corrected chi connectivity index (χ3v) is 4.01. The number of ether oxygens (including phenoxy) is 2. The first kappa shape index (κ1) is 23.8. The van der Waals surface area contributed by atoms with Crippen molar-refractivity contribution in [3.8, 4) is 5.75 Å². The highest BCUT2D eigenvalue weighted by atomic mass is 16.5. The summed E-state index contributed by atoms with van der Waals surface area (Å²) in [6.45, 7) is 10.0. The van der Waals surface area contributed by atoms with Gasteiger partial charge < -0.3 is 25.4 Å². The smallest absolute Gasteiger partial charge is 0.222 e. The number of methoxy groups -OCH3 is 1. The average Bonchev–Trinajstić information content (AvgIpc) is 2.71. The molecule has 0 aliphatic rings. The first-order valence-corrected chi connectivity index (χ1v) is 10.1. The molecule has 0 aromatic heterocycles. The highest BCUT2D eigenvalue weighted by Crippen LogP contribution is 2.11. The maximum Gasteiger partial charge on any atom is 0.222 e. The van der Waals surface area contributed by atoms with Crippen molar-refractivity contribution >= 4 is 11.9 Å². The second kappa shape index (κ2) is 14.7. The summed E-state index contributed by atoms with van der Waals surface area (Å²) in [5.74, 6) is 1.70. The monoisotopic (exact) mass is 392 g/mol. The van der Waals surface area contributed by atoms with Gasteiger partial charge in [-0.3, -0.25) is 4.79 Å². The topological polar surface area (TPSA) is 84.0 Å². The van der Waals surface area contributed by atoms with E-state index in [2.05, 4.69) is 20.9 Å². The van der Waals surface area contributed by atoms with Crippen LogP contribution in [-0.2, 0) is 16.1 Å². The van der Waals surface area contributed by atoms with Crippen molar-refractivity contribution in [1.82, 2.24) is 16.0 Å². The van der Waals surface area contributed by atoms with Crippen LogP contribution < -0.4 is 20.7 Å². The molecule has 0 bridgehead atoms. The zero-order valence-corrected chi connectivity index (χ0v) is 17.7. The summed E-state index contributed by atoms with van der Waals surface area (Å²) < 4.78 is 10.6. The summed E-state index contributed by atoms with van der Waals surface area (Å²) >= 11 is 0. The van der Waals surface area contributed by atoms with Crippen molar-refractivity contribution in [1.29, 1.82) is 0 Å². The number of nitrogens with zero attached hydrogens (tertiary/aromatic N) is 1. The summed E-state index contributed by atoms with van der Waals surface area (Å²) in [7, 11) is 1.66. The van der Waals surface area contributed by atoms with E-state index in [9.17, 15) is 4.79 Å². The minimum atomic E-state index is 0.0154. The fourth-order valence-electron chi connectivity index (χ4n) is 2.31. The molecule has 28 heavy (non-hydrogen) atoms. The van der Waals surface area contributed by atoms with Gasteiger partial charge in [-0.25, -0.2) is 4.99 Å². The van der Waals surface area contributed by atoms with Crippen molar-refractivity contribution in [2.45, 2.75) is 40.2 Å². The Balaban J connectivity index is 2.46. The molecule has 0 saturated heterocycles. The lowest BCUT2D eigenvalue weighted by molar-refractivity contribution is -0.123. The minimum absolute atomic E-state index is 0.0154. The molecule has 1 rings (SSSR count). The lowest BCUT2D eigenvalue weighted by Gasteiger charge is -2.13. The summed E-state index contributed by atoms with van der Waals surface area (Å²) in [6.07, 6.45) is 1.75. The van der Waals surface area contributed by atoms with Gasteiger partial charge in [0, 0.05) is 38.8 Å². The first-order valence-electron chi connectivity index (χ1n) is 10.1. The molecular weight excluding hydrogens is 356 g/mol. The molecule has 0 aliphatic heterocycles. The number of nitrogens with one attached hydrogen (secondary N) is 3. The highest BCUT2D eigenvalue weighted by Gasteiger charge is 2.05. The van der Waals surface area contributed by atoms with Crippen molar-refractivity contribution in [2.75, 3.05) is 40.0 Å². The average molecular weight is 393 g/mol. The van der Waals surface area contributed by atoms with E-state index in [4.69, 9.17) is 9.47 Å². The van der Waals surface area contributed by atoms with Gasteiger partial charge in [-0.15, -0.1) is 0 Å². The largest absolute Gasteiger partial charge is 0.497 e. The molecule has 0 heterocycles. The van der Waals surface area contributed by atoms with E-state index in [1.807, 2.05) is 45.0 Å². The predicted molar refractivity (Wildman–Crippen MR) is 114 cm³/mol. The third-order valence-electron chi connectivity index (χ3n) is 4.01. The van der Waals surface area contributed by atoms with E-state index in [0.29, 0.717) is 13.1 Å². The molecule has 1 amide bonds. The van der Waals surface area contributed by atoms with E-state index in [0.717, 1.165) is 56.4 Å². The number of rotatable bonds is 13. The Morgan fingerprint density at radius 2 is 1.68 bits per heavy atom. The Labute approximate surface area is 169 Å².